The number of nitriles is 1. The Morgan fingerprint density at radius 1 is 1.21 bits per heavy atom. The average Bonchev–Trinajstić information content (AvgIpc) is 3.27. The lowest BCUT2D eigenvalue weighted by atomic mass is 10.0. The van der Waals surface area contributed by atoms with Crippen LogP contribution in [0.25, 0.3) is 0 Å². The number of aromatic nitrogens is 2. The Labute approximate surface area is 170 Å². The van der Waals surface area contributed by atoms with Crippen LogP contribution in [-0.2, 0) is 11.2 Å². The topological polar surface area (TPSA) is 76.0 Å². The molecule has 4 rings (SSSR count). The van der Waals surface area contributed by atoms with Crippen LogP contribution in [0.4, 0.5) is 5.69 Å². The summed E-state index contributed by atoms with van der Waals surface area (Å²) in [6.45, 7) is 3.79. The first kappa shape index (κ1) is 18.9. The minimum absolute atomic E-state index is 0.0263. The van der Waals surface area contributed by atoms with Gasteiger partial charge in [-0.3, -0.25) is 9.69 Å². The number of nitrogens with zero attached hydrogens (tertiary/aromatic N) is 4. The molecule has 0 bridgehead atoms. The molecule has 0 radical (unpaired) electrons. The second-order valence-corrected chi connectivity index (χ2v) is 7.36. The number of nitrogens with one attached hydrogen (secondary N) is 1. The summed E-state index contributed by atoms with van der Waals surface area (Å²) < 4.78 is 0. The van der Waals surface area contributed by atoms with Gasteiger partial charge in [0.2, 0.25) is 5.91 Å². The molecule has 1 amide bonds. The van der Waals surface area contributed by atoms with E-state index in [-0.39, 0.29) is 11.9 Å². The van der Waals surface area contributed by atoms with Crippen LogP contribution in [0.2, 0.25) is 0 Å². The van der Waals surface area contributed by atoms with E-state index >= 15 is 0 Å². The first-order valence-electron chi connectivity index (χ1n) is 9.73. The maximum absolute atomic E-state index is 12.9. The predicted octanol–water partition coefficient (Wildman–Crippen LogP) is 3.22. The zero-order chi connectivity index (χ0) is 20.2. The first-order valence-corrected chi connectivity index (χ1v) is 9.73. The van der Waals surface area contributed by atoms with Crippen molar-refractivity contribution in [3.63, 3.8) is 0 Å². The number of benzene rings is 2. The van der Waals surface area contributed by atoms with Gasteiger partial charge in [-0.1, -0.05) is 24.3 Å². The number of hydrogen-bond acceptors (Lipinski definition) is 4. The number of aryl methyl sites for hydroxylation is 1. The third kappa shape index (κ3) is 4.20. The highest BCUT2D eigenvalue weighted by Gasteiger charge is 2.31. The summed E-state index contributed by atoms with van der Waals surface area (Å²) in [6, 6.07) is 17.8. The lowest BCUT2D eigenvalue weighted by molar-refractivity contribution is -0.122. The highest BCUT2D eigenvalue weighted by Crippen LogP contribution is 2.26. The highest BCUT2D eigenvalue weighted by atomic mass is 16.2. The van der Waals surface area contributed by atoms with Gasteiger partial charge in [-0.2, -0.15) is 5.26 Å². The van der Waals surface area contributed by atoms with Gasteiger partial charge < -0.3 is 9.88 Å². The van der Waals surface area contributed by atoms with Crippen molar-refractivity contribution in [2.24, 2.45) is 0 Å². The predicted molar refractivity (Wildman–Crippen MR) is 111 cm³/mol. The van der Waals surface area contributed by atoms with Crippen LogP contribution >= 0.6 is 0 Å². The fraction of sp³-hybridized carbons (Fsp3) is 0.261. The average molecular weight is 385 g/mol. The standard InChI is InChI=1S/C23H23N5O/c1-17-3-2-4-20(13-17)28-12-11-27(16-22(28)29)21(23-25-9-10-26-23)14-18-5-7-19(15-24)8-6-18/h2-10,13,21H,11-12,14,16H2,1H3,(H,25,26). The summed E-state index contributed by atoms with van der Waals surface area (Å²) in [5.74, 6) is 0.949. The fourth-order valence-electron chi connectivity index (χ4n) is 3.82. The Hall–Kier alpha value is -3.43. The number of carbonyl (C=O) groups is 1. The number of amides is 1. The van der Waals surface area contributed by atoms with Gasteiger partial charge in [-0.25, -0.2) is 4.98 Å². The summed E-state index contributed by atoms with van der Waals surface area (Å²) in [6.07, 6.45) is 4.27. The molecular formula is C23H23N5O. The monoisotopic (exact) mass is 385 g/mol. The van der Waals surface area contributed by atoms with Gasteiger partial charge in [0.1, 0.15) is 5.82 Å². The molecule has 1 N–H and O–H groups in total. The summed E-state index contributed by atoms with van der Waals surface area (Å²) in [5, 5.41) is 9.01. The van der Waals surface area contributed by atoms with Crippen LogP contribution in [0.3, 0.4) is 0 Å². The van der Waals surface area contributed by atoms with Gasteiger partial charge in [0, 0.05) is 31.2 Å². The summed E-state index contributed by atoms with van der Waals surface area (Å²) in [4.78, 5) is 24.7. The molecule has 1 aliphatic heterocycles. The van der Waals surface area contributed by atoms with Crippen LogP contribution in [-0.4, -0.2) is 40.4 Å². The Kier molecular flexibility index (Phi) is 5.41. The number of aromatic amines is 1. The molecule has 2 aromatic carbocycles. The second-order valence-electron chi connectivity index (χ2n) is 7.36. The smallest absolute Gasteiger partial charge is 0.241 e. The van der Waals surface area contributed by atoms with Crippen molar-refractivity contribution in [2.45, 2.75) is 19.4 Å². The van der Waals surface area contributed by atoms with Crippen molar-refractivity contribution < 1.29 is 4.79 Å². The third-order valence-corrected chi connectivity index (χ3v) is 5.35. The van der Waals surface area contributed by atoms with E-state index in [0.717, 1.165) is 35.6 Å². The van der Waals surface area contributed by atoms with E-state index in [0.29, 0.717) is 18.7 Å². The van der Waals surface area contributed by atoms with Gasteiger partial charge in [-0.05, 0) is 48.7 Å². The van der Waals surface area contributed by atoms with Crippen molar-refractivity contribution >= 4 is 11.6 Å². The number of piperazine rings is 1. The van der Waals surface area contributed by atoms with E-state index in [4.69, 9.17) is 5.26 Å². The normalized spacial score (nSPS) is 15.9. The molecule has 6 heteroatoms. The van der Waals surface area contributed by atoms with Crippen molar-refractivity contribution in [3.8, 4) is 6.07 Å². The number of imidazole rings is 1. The number of anilines is 1. The van der Waals surface area contributed by atoms with Crippen LogP contribution in [0, 0.1) is 18.3 Å². The highest BCUT2D eigenvalue weighted by molar-refractivity contribution is 5.95. The summed E-state index contributed by atoms with van der Waals surface area (Å²) in [7, 11) is 0. The number of hydrogen-bond donors (Lipinski definition) is 1. The molecule has 1 saturated heterocycles. The van der Waals surface area contributed by atoms with Gasteiger partial charge in [0.15, 0.2) is 0 Å². The van der Waals surface area contributed by atoms with E-state index in [1.807, 2.05) is 66.6 Å². The lowest BCUT2D eigenvalue weighted by Gasteiger charge is -2.38. The maximum Gasteiger partial charge on any atom is 0.241 e. The van der Waals surface area contributed by atoms with Gasteiger partial charge in [0.05, 0.1) is 24.2 Å². The molecule has 3 aromatic rings. The number of H-pyrrole nitrogens is 1. The largest absolute Gasteiger partial charge is 0.347 e. The van der Waals surface area contributed by atoms with Crippen molar-refractivity contribution in [1.29, 1.82) is 5.26 Å². The fourth-order valence-corrected chi connectivity index (χ4v) is 3.82. The van der Waals surface area contributed by atoms with E-state index in [2.05, 4.69) is 20.9 Å². The molecule has 2 heterocycles. The minimum Gasteiger partial charge on any atom is -0.347 e. The van der Waals surface area contributed by atoms with E-state index in [1.54, 1.807) is 6.20 Å². The Balaban J connectivity index is 1.53. The summed E-state index contributed by atoms with van der Waals surface area (Å²) in [5.41, 5.74) is 3.85. The molecule has 0 saturated carbocycles. The van der Waals surface area contributed by atoms with Crippen LogP contribution in [0.5, 0.6) is 0 Å². The Bertz CT molecular complexity index is 1020. The number of rotatable bonds is 5. The molecule has 6 nitrogen and oxygen atoms in total. The molecular weight excluding hydrogens is 362 g/mol. The van der Waals surface area contributed by atoms with Crippen LogP contribution in [0.1, 0.15) is 28.6 Å². The zero-order valence-corrected chi connectivity index (χ0v) is 16.4. The number of carbonyl (C=O) groups excluding carboxylic acids is 1. The van der Waals surface area contributed by atoms with Gasteiger partial charge >= 0.3 is 0 Å². The molecule has 1 aliphatic rings. The molecule has 1 fully saturated rings. The van der Waals surface area contributed by atoms with Crippen LogP contribution < -0.4 is 4.90 Å². The molecule has 1 atom stereocenters. The van der Waals surface area contributed by atoms with E-state index in [9.17, 15) is 4.79 Å². The third-order valence-electron chi connectivity index (χ3n) is 5.35. The molecule has 0 aliphatic carbocycles. The van der Waals surface area contributed by atoms with Gasteiger partial charge in [-0.15, -0.1) is 0 Å². The second kappa shape index (κ2) is 8.29. The molecule has 146 valence electrons. The van der Waals surface area contributed by atoms with Crippen molar-refractivity contribution in [1.82, 2.24) is 14.9 Å². The van der Waals surface area contributed by atoms with Crippen molar-refractivity contribution in [3.05, 3.63) is 83.4 Å². The Morgan fingerprint density at radius 3 is 2.69 bits per heavy atom. The zero-order valence-electron chi connectivity index (χ0n) is 16.4. The quantitative estimate of drug-likeness (QED) is 0.732. The van der Waals surface area contributed by atoms with E-state index < -0.39 is 0 Å². The molecule has 29 heavy (non-hydrogen) atoms. The molecule has 1 unspecified atom stereocenters. The molecule has 1 aromatic heterocycles. The van der Waals surface area contributed by atoms with Gasteiger partial charge in [0.25, 0.3) is 0 Å². The SMILES string of the molecule is Cc1cccc(N2CCN(C(Cc3ccc(C#N)cc3)c3ncc[nH]3)CC2=O)c1. The maximum atomic E-state index is 12.9. The Morgan fingerprint density at radius 2 is 2.03 bits per heavy atom. The molecule has 0 spiro atoms. The first-order chi connectivity index (χ1) is 14.1. The van der Waals surface area contributed by atoms with E-state index in [1.165, 1.54) is 0 Å². The van der Waals surface area contributed by atoms with Crippen LogP contribution in [0.15, 0.2) is 60.9 Å². The van der Waals surface area contributed by atoms with Crippen molar-refractivity contribution in [2.75, 3.05) is 24.5 Å². The lowest BCUT2D eigenvalue weighted by Crippen LogP contribution is -2.52. The minimum atomic E-state index is -0.0263. The summed E-state index contributed by atoms with van der Waals surface area (Å²) >= 11 is 0.